The monoisotopic (exact) mass is 315 g/mol. The Kier molecular flexibility index (Phi) is 4.73. The van der Waals surface area contributed by atoms with Crippen LogP contribution in [0.5, 0.6) is 5.75 Å². The normalized spacial score (nSPS) is 18.1. The third kappa shape index (κ3) is 3.85. The van der Waals surface area contributed by atoms with Gasteiger partial charge in [-0.25, -0.2) is 17.5 Å². The highest BCUT2D eigenvalue weighted by Gasteiger charge is 2.30. The van der Waals surface area contributed by atoms with Crippen molar-refractivity contribution in [2.45, 2.75) is 45.0 Å². The van der Waals surface area contributed by atoms with Crippen molar-refractivity contribution in [1.82, 2.24) is 4.31 Å². The summed E-state index contributed by atoms with van der Waals surface area (Å²) in [5.41, 5.74) is -0.440. The van der Waals surface area contributed by atoms with Crippen LogP contribution in [0, 0.1) is 6.92 Å². The van der Waals surface area contributed by atoms with Gasteiger partial charge in [0.15, 0.2) is 0 Å². The van der Waals surface area contributed by atoms with Gasteiger partial charge in [0.25, 0.3) is 0 Å². The highest BCUT2D eigenvalue weighted by molar-refractivity contribution is 7.89. The second kappa shape index (κ2) is 6.19. The average Bonchev–Trinajstić information content (AvgIpc) is 2.37. The van der Waals surface area contributed by atoms with Crippen LogP contribution >= 0.6 is 0 Å². The molecule has 0 saturated carbocycles. The first-order valence-corrected chi connectivity index (χ1v) is 8.57. The fraction of sp³-hybridized carbons (Fsp3) is 0.643. The molecule has 0 bridgehead atoms. The molecule has 0 N–H and O–H groups in total. The largest absolute Gasteiger partial charge is 0.490 e. The molecule has 0 aliphatic carbocycles. The Labute approximate surface area is 124 Å². The fourth-order valence-corrected chi connectivity index (χ4v) is 3.65. The molecule has 1 aliphatic heterocycles. The number of hydrogen-bond acceptors (Lipinski definition) is 5. The van der Waals surface area contributed by atoms with Gasteiger partial charge in [0.2, 0.25) is 10.0 Å². The average molecular weight is 315 g/mol. The molecular formula is C14H21NO5S. The second-order valence-corrected chi connectivity index (χ2v) is 8.02. The molecule has 0 aromatic carbocycles. The van der Waals surface area contributed by atoms with Gasteiger partial charge in [-0.3, -0.25) is 0 Å². The van der Waals surface area contributed by atoms with Gasteiger partial charge in [-0.2, -0.15) is 0 Å². The van der Waals surface area contributed by atoms with Crippen LogP contribution < -0.4 is 10.4 Å². The number of ether oxygens (including phenoxy) is 1. The topological polar surface area (TPSA) is 76.8 Å². The molecule has 1 fully saturated rings. The van der Waals surface area contributed by atoms with Gasteiger partial charge < -0.3 is 9.15 Å². The highest BCUT2D eigenvalue weighted by Crippen LogP contribution is 2.21. The summed E-state index contributed by atoms with van der Waals surface area (Å²) in [4.78, 5) is 11.3. The van der Waals surface area contributed by atoms with Gasteiger partial charge in [-0.05, 0) is 33.6 Å². The molecule has 0 amide bonds. The Balaban J connectivity index is 1.97. The maximum atomic E-state index is 12.1. The van der Waals surface area contributed by atoms with Crippen molar-refractivity contribution in [1.29, 1.82) is 0 Å². The van der Waals surface area contributed by atoms with Crippen LogP contribution in [0.4, 0.5) is 0 Å². The Morgan fingerprint density at radius 3 is 2.43 bits per heavy atom. The molecule has 1 aliphatic rings. The number of aryl methyl sites for hydroxylation is 1. The van der Waals surface area contributed by atoms with E-state index in [-0.39, 0.29) is 6.10 Å². The summed E-state index contributed by atoms with van der Waals surface area (Å²) in [5, 5.41) is -0.406. The third-order valence-electron chi connectivity index (χ3n) is 3.53. The van der Waals surface area contributed by atoms with Crippen LogP contribution in [0.25, 0.3) is 0 Å². The first-order valence-electron chi connectivity index (χ1n) is 7.06. The number of hydrogen-bond donors (Lipinski definition) is 0. The van der Waals surface area contributed by atoms with Gasteiger partial charge in [-0.15, -0.1) is 0 Å². The molecule has 2 rings (SSSR count). The van der Waals surface area contributed by atoms with E-state index in [0.29, 0.717) is 37.4 Å². The Morgan fingerprint density at radius 1 is 1.29 bits per heavy atom. The number of nitrogens with zero attached hydrogens (tertiary/aromatic N) is 1. The van der Waals surface area contributed by atoms with Crippen LogP contribution in [-0.4, -0.2) is 37.2 Å². The van der Waals surface area contributed by atoms with Crippen molar-refractivity contribution in [3.05, 3.63) is 28.3 Å². The molecule has 118 valence electrons. The number of rotatable bonds is 4. The van der Waals surface area contributed by atoms with E-state index in [1.54, 1.807) is 26.8 Å². The summed E-state index contributed by atoms with van der Waals surface area (Å²) in [6.07, 6.45) is 1.15. The summed E-state index contributed by atoms with van der Waals surface area (Å²) < 4.78 is 36.3. The molecule has 1 aromatic rings. The third-order valence-corrected chi connectivity index (χ3v) is 5.80. The van der Waals surface area contributed by atoms with Gasteiger partial charge >= 0.3 is 5.63 Å². The van der Waals surface area contributed by atoms with E-state index < -0.39 is 20.9 Å². The molecule has 0 radical (unpaired) electrons. The van der Waals surface area contributed by atoms with E-state index >= 15 is 0 Å². The van der Waals surface area contributed by atoms with Crippen LogP contribution in [0.3, 0.4) is 0 Å². The molecule has 0 spiro atoms. The molecule has 1 saturated heterocycles. The Morgan fingerprint density at radius 2 is 1.90 bits per heavy atom. The van der Waals surface area contributed by atoms with Crippen molar-refractivity contribution in [3.63, 3.8) is 0 Å². The van der Waals surface area contributed by atoms with Crippen LogP contribution in [0.2, 0.25) is 0 Å². The lowest BCUT2D eigenvalue weighted by Gasteiger charge is -2.32. The predicted molar refractivity (Wildman–Crippen MR) is 79.0 cm³/mol. The summed E-state index contributed by atoms with van der Waals surface area (Å²) in [5.74, 6) is 0.978. The van der Waals surface area contributed by atoms with Crippen molar-refractivity contribution >= 4 is 10.0 Å². The summed E-state index contributed by atoms with van der Waals surface area (Å²) >= 11 is 0. The quantitative estimate of drug-likeness (QED) is 0.842. The van der Waals surface area contributed by atoms with E-state index in [1.165, 1.54) is 10.4 Å². The predicted octanol–water partition coefficient (Wildman–Crippen LogP) is 1.53. The standard InChI is InChI=1S/C14H21NO5S/c1-10(2)21(17,18)15-6-4-12(5-7-15)20-13-8-11(3)19-14(16)9-13/h8-10,12H,4-7H2,1-3H3. The molecule has 21 heavy (non-hydrogen) atoms. The molecular weight excluding hydrogens is 294 g/mol. The van der Waals surface area contributed by atoms with E-state index in [4.69, 9.17) is 9.15 Å². The van der Waals surface area contributed by atoms with Gasteiger partial charge in [-0.1, -0.05) is 0 Å². The SMILES string of the molecule is Cc1cc(OC2CCN(S(=O)(=O)C(C)C)CC2)cc(=O)o1. The van der Waals surface area contributed by atoms with Crippen LogP contribution in [-0.2, 0) is 10.0 Å². The molecule has 0 unspecified atom stereocenters. The minimum absolute atomic E-state index is 0.0789. The summed E-state index contributed by atoms with van der Waals surface area (Å²) in [6.45, 7) is 5.96. The first-order chi connectivity index (χ1) is 9.79. The van der Waals surface area contributed by atoms with E-state index in [2.05, 4.69) is 0 Å². The van der Waals surface area contributed by atoms with Crippen molar-refractivity contribution in [3.8, 4) is 5.75 Å². The maximum absolute atomic E-state index is 12.1. The zero-order chi connectivity index (χ0) is 15.6. The smallest absolute Gasteiger partial charge is 0.339 e. The van der Waals surface area contributed by atoms with E-state index in [0.717, 1.165) is 0 Å². The molecule has 1 aromatic heterocycles. The number of sulfonamides is 1. The Bertz CT molecular complexity index is 642. The van der Waals surface area contributed by atoms with Crippen molar-refractivity contribution in [2.24, 2.45) is 0 Å². The van der Waals surface area contributed by atoms with Crippen molar-refractivity contribution < 1.29 is 17.6 Å². The maximum Gasteiger partial charge on any atom is 0.339 e. The van der Waals surface area contributed by atoms with Crippen molar-refractivity contribution in [2.75, 3.05) is 13.1 Å². The van der Waals surface area contributed by atoms with E-state index in [1.807, 2.05) is 0 Å². The summed E-state index contributed by atoms with van der Waals surface area (Å²) in [7, 11) is -3.20. The lowest BCUT2D eigenvalue weighted by Crippen LogP contribution is -2.44. The minimum Gasteiger partial charge on any atom is -0.490 e. The minimum atomic E-state index is -3.20. The lowest BCUT2D eigenvalue weighted by molar-refractivity contribution is 0.133. The van der Waals surface area contributed by atoms with Crippen LogP contribution in [0.15, 0.2) is 21.3 Å². The summed E-state index contributed by atoms with van der Waals surface area (Å²) in [6, 6.07) is 2.98. The van der Waals surface area contributed by atoms with Gasteiger partial charge in [0, 0.05) is 19.2 Å². The Hall–Kier alpha value is -1.34. The lowest BCUT2D eigenvalue weighted by atomic mass is 10.1. The second-order valence-electron chi connectivity index (χ2n) is 5.53. The zero-order valence-corrected chi connectivity index (χ0v) is 13.4. The fourth-order valence-electron chi connectivity index (χ4n) is 2.34. The van der Waals surface area contributed by atoms with Gasteiger partial charge in [0.05, 0.1) is 11.3 Å². The van der Waals surface area contributed by atoms with E-state index in [9.17, 15) is 13.2 Å². The molecule has 7 heteroatoms. The molecule has 6 nitrogen and oxygen atoms in total. The molecule has 0 atom stereocenters. The van der Waals surface area contributed by atoms with Crippen LogP contribution in [0.1, 0.15) is 32.4 Å². The highest BCUT2D eigenvalue weighted by atomic mass is 32.2. The first kappa shape index (κ1) is 16.0. The number of piperidine rings is 1. The van der Waals surface area contributed by atoms with Gasteiger partial charge in [0.1, 0.15) is 17.6 Å². The molecule has 2 heterocycles. The zero-order valence-electron chi connectivity index (χ0n) is 12.5.